The summed E-state index contributed by atoms with van der Waals surface area (Å²) in [5.41, 5.74) is 3.25. The second-order valence-electron chi connectivity index (χ2n) is 3.10. The van der Waals surface area contributed by atoms with E-state index in [1.807, 2.05) is 0 Å². The summed E-state index contributed by atoms with van der Waals surface area (Å²) in [6.45, 7) is -0.802. The zero-order valence-corrected chi connectivity index (χ0v) is 6.33. The van der Waals surface area contributed by atoms with Crippen molar-refractivity contribution in [2.75, 3.05) is 6.61 Å². The van der Waals surface area contributed by atoms with E-state index < -0.39 is 36.6 Å². The lowest BCUT2D eigenvalue weighted by atomic mass is 9.97. The van der Waals surface area contributed by atoms with Crippen molar-refractivity contribution in [2.24, 2.45) is 5.73 Å². The molecule has 2 unspecified atom stereocenters. The van der Waals surface area contributed by atoms with Crippen LogP contribution in [-0.2, 0) is 0 Å². The lowest BCUT2D eigenvalue weighted by Crippen LogP contribution is -2.55. The Morgan fingerprint density at radius 3 is 1.83 bits per heavy atom. The molecule has 1 rings (SSSR count). The Hall–Kier alpha value is -0.240. The van der Waals surface area contributed by atoms with Gasteiger partial charge in [0.2, 0.25) is 0 Å². The first-order chi connectivity index (χ1) is 5.45. The monoisotopic (exact) mass is 179 g/mol. The minimum Gasteiger partial charge on any atom is -0.393 e. The highest BCUT2D eigenvalue weighted by Crippen LogP contribution is 2.29. The molecular weight excluding hydrogens is 166 g/mol. The SMILES string of the molecule is NC1[C@@H](O)[C@H](O)C(O)[C@@]1(O)CO. The molecule has 0 bridgehead atoms. The van der Waals surface area contributed by atoms with E-state index >= 15 is 0 Å². The van der Waals surface area contributed by atoms with Crippen molar-refractivity contribution in [2.45, 2.75) is 30.0 Å². The number of nitrogens with two attached hydrogens (primary N) is 1. The molecule has 0 aromatic carbocycles. The van der Waals surface area contributed by atoms with Gasteiger partial charge in [0.25, 0.3) is 0 Å². The van der Waals surface area contributed by atoms with Gasteiger partial charge in [-0.15, -0.1) is 0 Å². The standard InChI is InChI=1S/C6H13NO5/c7-4-2(9)3(10)5(11)6(4,12)1-8/h2-5,8-12H,1,7H2/t2-,3-,4?,5?,6+/m0/s1. The summed E-state index contributed by atoms with van der Waals surface area (Å²) < 4.78 is 0. The zero-order chi connectivity index (χ0) is 9.52. The number of aliphatic hydroxyl groups excluding tert-OH is 4. The smallest absolute Gasteiger partial charge is 0.134 e. The van der Waals surface area contributed by atoms with E-state index in [2.05, 4.69) is 0 Å². The molecule has 0 heterocycles. The Labute approximate surface area is 68.9 Å². The molecule has 72 valence electrons. The largest absolute Gasteiger partial charge is 0.393 e. The molecule has 1 aliphatic rings. The maximum atomic E-state index is 9.43. The topological polar surface area (TPSA) is 127 Å². The summed E-state index contributed by atoms with van der Waals surface area (Å²) in [7, 11) is 0. The fraction of sp³-hybridized carbons (Fsp3) is 1.00. The van der Waals surface area contributed by atoms with Gasteiger partial charge in [-0.05, 0) is 0 Å². The van der Waals surface area contributed by atoms with Crippen molar-refractivity contribution in [3.63, 3.8) is 0 Å². The third-order valence-electron chi connectivity index (χ3n) is 2.38. The molecule has 1 fully saturated rings. The van der Waals surface area contributed by atoms with Gasteiger partial charge in [0.15, 0.2) is 0 Å². The predicted octanol–water partition coefficient (Wildman–Crippen LogP) is -3.87. The lowest BCUT2D eigenvalue weighted by molar-refractivity contribution is -0.116. The van der Waals surface area contributed by atoms with Gasteiger partial charge in [0.05, 0.1) is 12.6 Å². The van der Waals surface area contributed by atoms with Crippen LogP contribution in [0.15, 0.2) is 0 Å². The number of hydrogen-bond donors (Lipinski definition) is 6. The summed E-state index contributed by atoms with van der Waals surface area (Å²) in [5.74, 6) is 0. The van der Waals surface area contributed by atoms with Crippen molar-refractivity contribution < 1.29 is 25.5 Å². The van der Waals surface area contributed by atoms with Crippen LogP contribution < -0.4 is 5.73 Å². The number of aliphatic hydroxyl groups is 5. The Morgan fingerprint density at radius 2 is 1.67 bits per heavy atom. The number of hydrogen-bond acceptors (Lipinski definition) is 6. The number of rotatable bonds is 1. The first-order valence-electron chi connectivity index (χ1n) is 3.58. The van der Waals surface area contributed by atoms with E-state index in [1.54, 1.807) is 0 Å². The van der Waals surface area contributed by atoms with E-state index in [4.69, 9.17) is 26.2 Å². The van der Waals surface area contributed by atoms with Crippen molar-refractivity contribution in [3.8, 4) is 0 Å². The van der Waals surface area contributed by atoms with Crippen LogP contribution >= 0.6 is 0 Å². The van der Waals surface area contributed by atoms with Crippen LogP contribution in [0.25, 0.3) is 0 Å². The minimum absolute atomic E-state index is 0.802. The van der Waals surface area contributed by atoms with Crippen LogP contribution in [0.2, 0.25) is 0 Å². The average Bonchev–Trinajstić information content (AvgIpc) is 2.22. The minimum atomic E-state index is -2.02. The molecule has 6 nitrogen and oxygen atoms in total. The second-order valence-corrected chi connectivity index (χ2v) is 3.10. The first kappa shape index (κ1) is 9.85. The molecule has 0 aliphatic heterocycles. The van der Waals surface area contributed by atoms with E-state index in [0.29, 0.717) is 0 Å². The van der Waals surface area contributed by atoms with E-state index in [-0.39, 0.29) is 0 Å². The van der Waals surface area contributed by atoms with Crippen LogP contribution in [0.4, 0.5) is 0 Å². The maximum Gasteiger partial charge on any atom is 0.134 e. The van der Waals surface area contributed by atoms with Crippen molar-refractivity contribution in [3.05, 3.63) is 0 Å². The van der Waals surface area contributed by atoms with Crippen molar-refractivity contribution in [1.82, 2.24) is 0 Å². The summed E-state index contributed by atoms with van der Waals surface area (Å²) in [6, 6.07) is -1.24. The Morgan fingerprint density at radius 1 is 1.17 bits per heavy atom. The highest BCUT2D eigenvalue weighted by molar-refractivity contribution is 5.11. The molecule has 0 aromatic rings. The highest BCUT2D eigenvalue weighted by Gasteiger charge is 2.57. The average molecular weight is 179 g/mol. The van der Waals surface area contributed by atoms with Crippen molar-refractivity contribution in [1.29, 1.82) is 0 Å². The fourth-order valence-electron chi connectivity index (χ4n) is 1.39. The van der Waals surface area contributed by atoms with E-state index in [9.17, 15) is 5.11 Å². The molecule has 0 amide bonds. The summed E-state index contributed by atoms with van der Waals surface area (Å²) >= 11 is 0. The summed E-state index contributed by atoms with van der Waals surface area (Å²) in [5, 5.41) is 45.4. The highest BCUT2D eigenvalue weighted by atomic mass is 16.4. The fourth-order valence-corrected chi connectivity index (χ4v) is 1.39. The van der Waals surface area contributed by atoms with Crippen LogP contribution in [0.5, 0.6) is 0 Å². The van der Waals surface area contributed by atoms with Gasteiger partial charge in [-0.3, -0.25) is 0 Å². The normalized spacial score (nSPS) is 54.5. The molecular formula is C6H13NO5. The molecule has 0 saturated heterocycles. The van der Waals surface area contributed by atoms with Gasteiger partial charge in [-0.2, -0.15) is 0 Å². The summed E-state index contributed by atoms with van der Waals surface area (Å²) in [4.78, 5) is 0. The van der Waals surface area contributed by atoms with Crippen molar-refractivity contribution >= 4 is 0 Å². The van der Waals surface area contributed by atoms with E-state index in [1.165, 1.54) is 0 Å². The van der Waals surface area contributed by atoms with Gasteiger partial charge in [-0.1, -0.05) is 0 Å². The Kier molecular flexibility index (Phi) is 2.39. The maximum absolute atomic E-state index is 9.43. The molecule has 1 saturated carbocycles. The molecule has 0 spiro atoms. The molecule has 7 N–H and O–H groups in total. The third kappa shape index (κ3) is 1.05. The van der Waals surface area contributed by atoms with Gasteiger partial charge in [-0.25, -0.2) is 0 Å². The van der Waals surface area contributed by atoms with Crippen LogP contribution in [0, 0.1) is 0 Å². The molecule has 0 radical (unpaired) electrons. The first-order valence-corrected chi connectivity index (χ1v) is 3.58. The Bertz CT molecular complexity index is 161. The third-order valence-corrected chi connectivity index (χ3v) is 2.38. The molecule has 0 aromatic heterocycles. The summed E-state index contributed by atoms with van der Waals surface area (Å²) in [6.07, 6.45) is -4.55. The van der Waals surface area contributed by atoms with Crippen LogP contribution in [0.1, 0.15) is 0 Å². The van der Waals surface area contributed by atoms with Crippen LogP contribution in [-0.4, -0.2) is 62.1 Å². The lowest BCUT2D eigenvalue weighted by Gasteiger charge is -2.28. The van der Waals surface area contributed by atoms with Gasteiger partial charge in [0, 0.05) is 0 Å². The molecule has 6 heteroatoms. The Balaban J connectivity index is 2.90. The molecule has 12 heavy (non-hydrogen) atoms. The second kappa shape index (κ2) is 2.91. The quantitative estimate of drug-likeness (QED) is 0.244. The van der Waals surface area contributed by atoms with E-state index in [0.717, 1.165) is 0 Å². The van der Waals surface area contributed by atoms with Gasteiger partial charge < -0.3 is 31.3 Å². The van der Waals surface area contributed by atoms with Gasteiger partial charge >= 0.3 is 0 Å². The molecule has 1 aliphatic carbocycles. The van der Waals surface area contributed by atoms with Gasteiger partial charge in [0.1, 0.15) is 23.9 Å². The molecule has 5 atom stereocenters. The zero-order valence-electron chi connectivity index (χ0n) is 6.33. The predicted molar refractivity (Wildman–Crippen MR) is 38.0 cm³/mol. The van der Waals surface area contributed by atoms with Crippen LogP contribution in [0.3, 0.4) is 0 Å².